The molecule has 0 aliphatic carbocycles. The lowest BCUT2D eigenvalue weighted by atomic mass is 9.99. The van der Waals surface area contributed by atoms with Crippen molar-refractivity contribution < 1.29 is 9.59 Å². The minimum Gasteiger partial charge on any atom is -0.338 e. The zero-order chi connectivity index (χ0) is 18.7. The van der Waals surface area contributed by atoms with E-state index < -0.39 is 0 Å². The number of carbonyl (C=O) groups is 2. The van der Waals surface area contributed by atoms with Gasteiger partial charge in [-0.3, -0.25) is 14.6 Å². The first kappa shape index (κ1) is 18.1. The fourth-order valence-corrected chi connectivity index (χ4v) is 3.49. The van der Waals surface area contributed by atoms with Gasteiger partial charge in [0.05, 0.1) is 0 Å². The summed E-state index contributed by atoms with van der Waals surface area (Å²) in [7, 11) is 0. The van der Waals surface area contributed by atoms with Crippen molar-refractivity contribution in [2.45, 2.75) is 33.6 Å². The summed E-state index contributed by atoms with van der Waals surface area (Å²) in [6.45, 7) is 7.68. The molecule has 26 heavy (non-hydrogen) atoms. The van der Waals surface area contributed by atoms with Gasteiger partial charge in [0.1, 0.15) is 5.69 Å². The molecule has 0 spiro atoms. The van der Waals surface area contributed by atoms with Crippen LogP contribution in [-0.2, 0) is 0 Å². The second-order valence-electron chi connectivity index (χ2n) is 7.26. The van der Waals surface area contributed by atoms with E-state index in [-0.39, 0.29) is 17.5 Å². The van der Waals surface area contributed by atoms with Crippen LogP contribution in [0.4, 0.5) is 5.69 Å². The Hall–Kier alpha value is -2.69. The number of piperidine rings is 1. The maximum atomic E-state index is 12.7. The molecule has 2 heterocycles. The molecule has 1 unspecified atom stereocenters. The molecule has 1 fully saturated rings. The number of likely N-dealkylation sites (tertiary alicyclic amines) is 1. The molecular formula is C21H25N3O2. The normalized spacial score (nSPS) is 17.0. The van der Waals surface area contributed by atoms with Crippen LogP contribution in [0.15, 0.2) is 36.5 Å². The van der Waals surface area contributed by atoms with Gasteiger partial charge in [-0.15, -0.1) is 0 Å². The molecule has 1 aromatic heterocycles. The zero-order valence-corrected chi connectivity index (χ0v) is 15.6. The molecule has 2 amide bonds. The van der Waals surface area contributed by atoms with Crippen molar-refractivity contribution in [3.8, 4) is 0 Å². The molecule has 5 nitrogen and oxygen atoms in total. The smallest absolute Gasteiger partial charge is 0.274 e. The first-order valence-electron chi connectivity index (χ1n) is 9.07. The lowest BCUT2D eigenvalue weighted by molar-refractivity contribution is 0.0683. The number of carbonyl (C=O) groups excluding carboxylic acids is 2. The lowest BCUT2D eigenvalue weighted by Crippen LogP contribution is -2.39. The van der Waals surface area contributed by atoms with Crippen molar-refractivity contribution in [2.75, 3.05) is 18.4 Å². The Morgan fingerprint density at radius 2 is 1.88 bits per heavy atom. The molecule has 136 valence electrons. The van der Waals surface area contributed by atoms with E-state index in [4.69, 9.17) is 0 Å². The van der Waals surface area contributed by atoms with E-state index in [2.05, 4.69) is 17.2 Å². The monoisotopic (exact) mass is 351 g/mol. The number of hydrogen-bond acceptors (Lipinski definition) is 3. The second kappa shape index (κ2) is 7.68. The molecule has 0 radical (unpaired) electrons. The molecule has 1 atom stereocenters. The van der Waals surface area contributed by atoms with Crippen molar-refractivity contribution in [3.05, 3.63) is 58.9 Å². The summed E-state index contributed by atoms with van der Waals surface area (Å²) in [6, 6.07) is 9.13. The molecule has 0 bridgehead atoms. The maximum absolute atomic E-state index is 12.7. The Morgan fingerprint density at radius 1 is 1.15 bits per heavy atom. The fourth-order valence-electron chi connectivity index (χ4n) is 3.49. The highest BCUT2D eigenvalue weighted by molar-refractivity contribution is 6.04. The maximum Gasteiger partial charge on any atom is 0.274 e. The summed E-state index contributed by atoms with van der Waals surface area (Å²) >= 11 is 0. The summed E-state index contributed by atoms with van der Waals surface area (Å²) < 4.78 is 0. The number of benzene rings is 1. The highest BCUT2D eigenvalue weighted by Crippen LogP contribution is 2.19. The van der Waals surface area contributed by atoms with Gasteiger partial charge < -0.3 is 10.2 Å². The number of aryl methyl sites for hydroxylation is 2. The van der Waals surface area contributed by atoms with E-state index in [0.717, 1.165) is 42.7 Å². The predicted octanol–water partition coefficient (Wildman–Crippen LogP) is 3.82. The molecule has 0 saturated carbocycles. The Morgan fingerprint density at radius 3 is 2.58 bits per heavy atom. The summed E-state index contributed by atoms with van der Waals surface area (Å²) in [5, 5.41) is 2.87. The number of aromatic nitrogens is 1. The minimum atomic E-state index is -0.309. The van der Waals surface area contributed by atoms with Crippen molar-refractivity contribution in [1.29, 1.82) is 0 Å². The van der Waals surface area contributed by atoms with Crippen LogP contribution >= 0.6 is 0 Å². The molecule has 1 aliphatic rings. The molecule has 1 aromatic carbocycles. The van der Waals surface area contributed by atoms with Crippen LogP contribution in [0.3, 0.4) is 0 Å². The van der Waals surface area contributed by atoms with Gasteiger partial charge in [0.25, 0.3) is 11.8 Å². The summed E-state index contributed by atoms with van der Waals surface area (Å²) in [5.74, 6) is 0.179. The Balaban J connectivity index is 1.75. The number of hydrogen-bond donors (Lipinski definition) is 1. The van der Waals surface area contributed by atoms with Gasteiger partial charge in [0.15, 0.2) is 0 Å². The number of amides is 2. The van der Waals surface area contributed by atoms with E-state index >= 15 is 0 Å². The molecule has 5 heteroatoms. The average molecular weight is 351 g/mol. The van der Waals surface area contributed by atoms with E-state index in [1.165, 1.54) is 6.20 Å². The fraction of sp³-hybridized carbons (Fsp3) is 0.381. The van der Waals surface area contributed by atoms with Gasteiger partial charge in [-0.25, -0.2) is 0 Å². The molecule has 1 saturated heterocycles. The third kappa shape index (κ3) is 4.28. The van der Waals surface area contributed by atoms with E-state index in [1.54, 1.807) is 12.1 Å². The Labute approximate surface area is 154 Å². The van der Waals surface area contributed by atoms with Gasteiger partial charge in [-0.1, -0.05) is 13.0 Å². The largest absolute Gasteiger partial charge is 0.338 e. The summed E-state index contributed by atoms with van der Waals surface area (Å²) in [5.41, 5.74) is 3.66. The molecule has 2 aromatic rings. The second-order valence-corrected chi connectivity index (χ2v) is 7.26. The van der Waals surface area contributed by atoms with E-state index in [1.807, 2.05) is 36.9 Å². The van der Waals surface area contributed by atoms with Gasteiger partial charge in [0.2, 0.25) is 0 Å². The quantitative estimate of drug-likeness (QED) is 0.914. The molecule has 1 N–H and O–H groups in total. The van der Waals surface area contributed by atoms with Crippen LogP contribution in [0, 0.1) is 19.8 Å². The SMILES string of the molecule is Cc1cc(C)cc(NC(=O)c2cc(C(=O)N3CCCC(C)C3)ccn2)c1. The minimum absolute atomic E-state index is 0.0283. The van der Waals surface area contributed by atoms with Gasteiger partial charge in [0, 0.05) is 30.5 Å². The summed E-state index contributed by atoms with van der Waals surface area (Å²) in [6.07, 6.45) is 3.71. The number of anilines is 1. The van der Waals surface area contributed by atoms with Gasteiger partial charge >= 0.3 is 0 Å². The first-order chi connectivity index (χ1) is 12.4. The number of nitrogens with one attached hydrogen (secondary N) is 1. The third-order valence-electron chi connectivity index (χ3n) is 4.66. The Bertz CT molecular complexity index is 812. The van der Waals surface area contributed by atoms with Crippen LogP contribution in [0.2, 0.25) is 0 Å². The molecule has 1 aliphatic heterocycles. The highest BCUT2D eigenvalue weighted by atomic mass is 16.2. The topological polar surface area (TPSA) is 62.3 Å². The summed E-state index contributed by atoms with van der Waals surface area (Å²) in [4.78, 5) is 31.3. The average Bonchev–Trinajstić information content (AvgIpc) is 2.60. The number of pyridine rings is 1. The van der Waals surface area contributed by atoms with E-state index in [9.17, 15) is 9.59 Å². The highest BCUT2D eigenvalue weighted by Gasteiger charge is 2.23. The van der Waals surface area contributed by atoms with Crippen LogP contribution < -0.4 is 5.32 Å². The zero-order valence-electron chi connectivity index (χ0n) is 15.6. The standard InChI is InChI=1S/C21H25N3O2/c1-14-5-4-8-24(13-14)21(26)17-6-7-22-19(12-17)20(25)23-18-10-15(2)9-16(3)11-18/h6-7,9-12,14H,4-5,8,13H2,1-3H3,(H,23,25). The van der Waals surface area contributed by atoms with Crippen LogP contribution in [0.5, 0.6) is 0 Å². The van der Waals surface area contributed by atoms with Crippen LogP contribution in [-0.4, -0.2) is 34.8 Å². The first-order valence-corrected chi connectivity index (χ1v) is 9.07. The van der Waals surface area contributed by atoms with Crippen molar-refractivity contribution in [2.24, 2.45) is 5.92 Å². The predicted molar refractivity (Wildman–Crippen MR) is 102 cm³/mol. The molecule has 3 rings (SSSR count). The van der Waals surface area contributed by atoms with E-state index in [0.29, 0.717) is 11.5 Å². The van der Waals surface area contributed by atoms with Gasteiger partial charge in [-0.05, 0) is 68.0 Å². The van der Waals surface area contributed by atoms with Crippen LogP contribution in [0.1, 0.15) is 51.7 Å². The van der Waals surface area contributed by atoms with Crippen molar-refractivity contribution in [3.63, 3.8) is 0 Å². The van der Waals surface area contributed by atoms with Crippen molar-refractivity contribution in [1.82, 2.24) is 9.88 Å². The van der Waals surface area contributed by atoms with Gasteiger partial charge in [-0.2, -0.15) is 0 Å². The lowest BCUT2D eigenvalue weighted by Gasteiger charge is -2.31. The third-order valence-corrected chi connectivity index (χ3v) is 4.66. The number of nitrogens with zero attached hydrogens (tertiary/aromatic N) is 2. The Kier molecular flexibility index (Phi) is 5.35. The molecular weight excluding hydrogens is 326 g/mol. The van der Waals surface area contributed by atoms with Crippen molar-refractivity contribution >= 4 is 17.5 Å². The number of rotatable bonds is 3. The van der Waals surface area contributed by atoms with Crippen LogP contribution in [0.25, 0.3) is 0 Å².